The van der Waals surface area contributed by atoms with E-state index < -0.39 is 0 Å². The number of fused-ring (bicyclic) bond motifs is 4. The van der Waals surface area contributed by atoms with Gasteiger partial charge in [-0.1, -0.05) is 12.8 Å². The SMILES string of the molecule is CC(=O)c1c(C)c2cnc(Nc3cc(C)c4c(c3)OC[C@@H]3CN(C5CNC5)CCN43)nc2n(C2CCCC2)c1=O. The van der Waals surface area contributed by atoms with Crippen molar-refractivity contribution in [3.8, 4) is 5.75 Å². The Balaban J connectivity index is 1.21. The molecule has 10 heteroatoms. The zero-order chi connectivity index (χ0) is 27.5. The van der Waals surface area contributed by atoms with Crippen LogP contribution in [0.3, 0.4) is 0 Å². The minimum absolute atomic E-state index is 0.0461. The smallest absolute Gasteiger partial charge is 0.263 e. The molecule has 40 heavy (non-hydrogen) atoms. The van der Waals surface area contributed by atoms with Gasteiger partial charge >= 0.3 is 0 Å². The molecule has 4 aliphatic rings. The van der Waals surface area contributed by atoms with E-state index in [1.54, 1.807) is 10.8 Å². The van der Waals surface area contributed by atoms with Gasteiger partial charge in [-0.3, -0.25) is 19.1 Å². The number of aromatic nitrogens is 3. The van der Waals surface area contributed by atoms with Gasteiger partial charge in [0.15, 0.2) is 5.78 Å². The summed E-state index contributed by atoms with van der Waals surface area (Å²) in [4.78, 5) is 40.5. The van der Waals surface area contributed by atoms with Crippen LogP contribution in [0.1, 0.15) is 60.1 Å². The van der Waals surface area contributed by atoms with Crippen molar-refractivity contribution in [2.24, 2.45) is 0 Å². The van der Waals surface area contributed by atoms with Crippen molar-refractivity contribution in [1.29, 1.82) is 0 Å². The van der Waals surface area contributed by atoms with Crippen LogP contribution in [-0.2, 0) is 0 Å². The van der Waals surface area contributed by atoms with Gasteiger partial charge in [-0.15, -0.1) is 0 Å². The fraction of sp³-hybridized carbons (Fsp3) is 0.533. The topological polar surface area (TPSA) is 105 Å². The first-order chi connectivity index (χ1) is 19.4. The Hall–Kier alpha value is -3.50. The molecule has 3 aromatic rings. The number of piperazine rings is 1. The highest BCUT2D eigenvalue weighted by molar-refractivity contribution is 5.99. The maximum absolute atomic E-state index is 13.5. The molecule has 7 rings (SSSR count). The second-order valence-electron chi connectivity index (χ2n) is 11.8. The molecule has 1 saturated carbocycles. The predicted molar refractivity (Wildman–Crippen MR) is 155 cm³/mol. The van der Waals surface area contributed by atoms with Gasteiger partial charge in [0.1, 0.15) is 18.0 Å². The number of hydrogen-bond acceptors (Lipinski definition) is 9. The summed E-state index contributed by atoms with van der Waals surface area (Å²) in [6, 6.07) is 5.21. The van der Waals surface area contributed by atoms with Crippen LogP contribution in [0.5, 0.6) is 5.75 Å². The molecule has 210 valence electrons. The van der Waals surface area contributed by atoms with Crippen LogP contribution in [0.15, 0.2) is 23.1 Å². The van der Waals surface area contributed by atoms with Crippen LogP contribution in [-0.4, -0.2) is 76.6 Å². The molecule has 2 saturated heterocycles. The minimum Gasteiger partial charge on any atom is -0.489 e. The molecular formula is C30H37N7O3. The van der Waals surface area contributed by atoms with E-state index in [-0.39, 0.29) is 22.9 Å². The summed E-state index contributed by atoms with van der Waals surface area (Å²) in [5, 5.41) is 7.50. The van der Waals surface area contributed by atoms with Crippen LogP contribution in [0, 0.1) is 13.8 Å². The van der Waals surface area contributed by atoms with Crippen molar-refractivity contribution in [3.63, 3.8) is 0 Å². The van der Waals surface area contributed by atoms with E-state index in [1.165, 1.54) is 12.6 Å². The van der Waals surface area contributed by atoms with Crippen molar-refractivity contribution in [3.05, 3.63) is 45.4 Å². The van der Waals surface area contributed by atoms with Crippen LogP contribution >= 0.6 is 0 Å². The Kier molecular flexibility index (Phi) is 6.27. The number of hydrogen-bond donors (Lipinski definition) is 2. The van der Waals surface area contributed by atoms with Gasteiger partial charge in [-0.25, -0.2) is 4.98 Å². The van der Waals surface area contributed by atoms with Crippen LogP contribution in [0.2, 0.25) is 0 Å². The van der Waals surface area contributed by atoms with Crippen LogP contribution in [0.4, 0.5) is 17.3 Å². The molecule has 0 amide bonds. The van der Waals surface area contributed by atoms with E-state index in [4.69, 9.17) is 9.72 Å². The quantitative estimate of drug-likeness (QED) is 0.469. The number of pyridine rings is 1. The van der Waals surface area contributed by atoms with E-state index in [9.17, 15) is 9.59 Å². The third-order valence-electron chi connectivity index (χ3n) is 9.28. The average molecular weight is 544 g/mol. The molecule has 3 fully saturated rings. The van der Waals surface area contributed by atoms with Crippen molar-refractivity contribution in [1.82, 2.24) is 24.8 Å². The molecule has 1 aliphatic carbocycles. The lowest BCUT2D eigenvalue weighted by atomic mass is 10.0. The first kappa shape index (κ1) is 25.5. The maximum Gasteiger partial charge on any atom is 0.263 e. The first-order valence-electron chi connectivity index (χ1n) is 14.6. The molecule has 0 radical (unpaired) electrons. The van der Waals surface area contributed by atoms with Gasteiger partial charge in [0, 0.05) is 68.1 Å². The van der Waals surface area contributed by atoms with E-state index in [2.05, 4.69) is 38.4 Å². The van der Waals surface area contributed by atoms with Gasteiger partial charge in [-0.05, 0) is 50.8 Å². The summed E-state index contributed by atoms with van der Waals surface area (Å²) in [6.07, 6.45) is 5.70. The fourth-order valence-corrected chi connectivity index (χ4v) is 7.10. The van der Waals surface area contributed by atoms with Gasteiger partial charge < -0.3 is 20.3 Å². The summed E-state index contributed by atoms with van der Waals surface area (Å²) >= 11 is 0. The first-order valence-corrected chi connectivity index (χ1v) is 14.6. The zero-order valence-corrected chi connectivity index (χ0v) is 23.5. The highest BCUT2D eigenvalue weighted by Gasteiger charge is 2.37. The number of ketones is 1. The standard InChI is InChI=1S/C30H37N7O3/c1-17-10-20(11-25-27(17)36-9-8-35(22-12-31-13-22)15-23(36)16-40-25)33-30-32-14-24-18(2)26(19(3)38)29(39)37(28(24)34-30)21-6-4-5-7-21/h10-11,14,21-23,31H,4-9,12-13,15-16H2,1-3H3,(H,32,33,34)/t23-/m0/s1. The van der Waals surface area contributed by atoms with Crippen LogP contribution in [0.25, 0.3) is 11.0 Å². The van der Waals surface area contributed by atoms with Crippen LogP contribution < -0.4 is 25.8 Å². The van der Waals surface area contributed by atoms with E-state index in [0.29, 0.717) is 35.8 Å². The number of anilines is 3. The third-order valence-corrected chi connectivity index (χ3v) is 9.28. The Morgan fingerprint density at radius 2 is 1.90 bits per heavy atom. The molecule has 10 nitrogen and oxygen atoms in total. The summed E-state index contributed by atoms with van der Waals surface area (Å²) in [5.74, 6) is 1.08. The minimum atomic E-state index is -0.240. The van der Waals surface area contributed by atoms with E-state index in [0.717, 1.165) is 80.8 Å². The number of nitrogens with zero attached hydrogens (tertiary/aromatic N) is 5. The van der Waals surface area contributed by atoms with E-state index >= 15 is 0 Å². The zero-order valence-electron chi connectivity index (χ0n) is 23.5. The summed E-state index contributed by atoms with van der Waals surface area (Å²) < 4.78 is 8.06. The summed E-state index contributed by atoms with van der Waals surface area (Å²) in [7, 11) is 0. The summed E-state index contributed by atoms with van der Waals surface area (Å²) in [5.41, 5.74) is 4.41. The Bertz CT molecular complexity index is 1560. The number of aryl methyl sites for hydroxylation is 2. The fourth-order valence-electron chi connectivity index (χ4n) is 7.10. The van der Waals surface area contributed by atoms with E-state index in [1.807, 2.05) is 13.0 Å². The second kappa shape index (κ2) is 9.85. The molecule has 2 aromatic heterocycles. The van der Waals surface area contributed by atoms with Crippen molar-refractivity contribution in [2.75, 3.05) is 49.5 Å². The third kappa shape index (κ3) is 4.16. The molecule has 5 heterocycles. The average Bonchev–Trinajstić information content (AvgIpc) is 3.41. The number of Topliss-reactive ketones (excluding diaryl/α,β-unsaturated/α-hetero) is 1. The Morgan fingerprint density at radius 1 is 1.10 bits per heavy atom. The lowest BCUT2D eigenvalue weighted by molar-refractivity contribution is 0.0990. The lowest BCUT2D eigenvalue weighted by Gasteiger charge is -2.50. The van der Waals surface area contributed by atoms with Crippen molar-refractivity contribution < 1.29 is 9.53 Å². The number of benzene rings is 1. The summed E-state index contributed by atoms with van der Waals surface area (Å²) in [6.45, 7) is 11.3. The second-order valence-corrected chi connectivity index (χ2v) is 11.8. The van der Waals surface area contributed by atoms with Gasteiger partial charge in [0.05, 0.1) is 17.3 Å². The largest absolute Gasteiger partial charge is 0.489 e. The van der Waals surface area contributed by atoms with Crippen molar-refractivity contribution >= 4 is 34.1 Å². The number of carbonyl (C=O) groups excluding carboxylic acids is 1. The number of ether oxygens (including phenoxy) is 1. The van der Waals surface area contributed by atoms with Gasteiger partial charge in [0.2, 0.25) is 5.95 Å². The highest BCUT2D eigenvalue weighted by atomic mass is 16.5. The number of carbonyl (C=O) groups is 1. The molecule has 0 bridgehead atoms. The Labute approximate surface area is 233 Å². The Morgan fingerprint density at radius 3 is 2.62 bits per heavy atom. The van der Waals surface area contributed by atoms with Crippen molar-refractivity contribution in [2.45, 2.75) is 64.6 Å². The molecule has 0 spiro atoms. The molecule has 3 aliphatic heterocycles. The monoisotopic (exact) mass is 543 g/mol. The molecule has 0 unspecified atom stereocenters. The molecule has 1 aromatic carbocycles. The molecular weight excluding hydrogens is 506 g/mol. The maximum atomic E-state index is 13.5. The predicted octanol–water partition coefficient (Wildman–Crippen LogP) is 3.32. The number of nitrogens with one attached hydrogen (secondary N) is 2. The number of rotatable bonds is 5. The highest BCUT2D eigenvalue weighted by Crippen LogP contribution is 2.41. The molecule has 1 atom stereocenters. The van der Waals surface area contributed by atoms with Gasteiger partial charge in [0.25, 0.3) is 5.56 Å². The molecule has 2 N–H and O–H groups in total. The normalized spacial score (nSPS) is 21.6. The lowest BCUT2D eigenvalue weighted by Crippen LogP contribution is -2.65. The van der Waals surface area contributed by atoms with Gasteiger partial charge in [-0.2, -0.15) is 4.98 Å².